The maximum absolute atomic E-state index is 9.47. The van der Waals surface area contributed by atoms with Gasteiger partial charge in [0.25, 0.3) is 0 Å². The normalized spacial score (nSPS) is 13.7. The molecule has 0 aliphatic heterocycles. The van der Waals surface area contributed by atoms with Crippen LogP contribution in [0, 0.1) is 5.92 Å². The highest BCUT2D eigenvalue weighted by Gasteiger charge is 2.18. The molecule has 0 amide bonds. The van der Waals surface area contributed by atoms with Crippen LogP contribution >= 0.6 is 0 Å². The van der Waals surface area contributed by atoms with Crippen LogP contribution in [0.2, 0.25) is 0 Å². The van der Waals surface area contributed by atoms with Crippen molar-refractivity contribution < 1.29 is 5.21 Å². The summed E-state index contributed by atoms with van der Waals surface area (Å²) in [5, 5.41) is 10.7. The lowest BCUT2D eigenvalue weighted by Gasteiger charge is -2.26. The van der Waals surface area contributed by atoms with E-state index in [1.807, 2.05) is 30.3 Å². The van der Waals surface area contributed by atoms with Crippen LogP contribution < -0.4 is 0 Å². The number of hydrogen-bond acceptors (Lipinski definition) is 2. The van der Waals surface area contributed by atoms with E-state index in [9.17, 15) is 5.21 Å². The predicted octanol–water partition coefficient (Wildman–Crippen LogP) is 2.70. The Morgan fingerprint density at radius 3 is 2.08 bits per heavy atom. The van der Waals surface area contributed by atoms with Crippen molar-refractivity contribution in [3.05, 3.63) is 35.9 Å². The van der Waals surface area contributed by atoms with Gasteiger partial charge in [0.15, 0.2) is 0 Å². The number of rotatable bonds is 3. The van der Waals surface area contributed by atoms with Crippen LogP contribution in [0.15, 0.2) is 30.3 Å². The molecule has 2 heteroatoms. The first kappa shape index (κ1) is 10.2. The fourth-order valence-corrected chi connectivity index (χ4v) is 1.68. The van der Waals surface area contributed by atoms with Gasteiger partial charge in [-0.15, -0.1) is 0 Å². The van der Waals surface area contributed by atoms with Crippen molar-refractivity contribution in [1.29, 1.82) is 0 Å². The first-order chi connectivity index (χ1) is 6.13. The molecule has 0 fully saturated rings. The lowest BCUT2D eigenvalue weighted by Crippen LogP contribution is -2.25. The summed E-state index contributed by atoms with van der Waals surface area (Å²) in [6.07, 6.45) is 0. The zero-order valence-corrected chi connectivity index (χ0v) is 8.44. The Balaban J connectivity index is 2.89. The fraction of sp³-hybridized carbons (Fsp3) is 0.455. The Hall–Kier alpha value is -0.860. The minimum atomic E-state index is 0.0844. The molecule has 0 radical (unpaired) electrons. The van der Waals surface area contributed by atoms with Gasteiger partial charge in [-0.2, -0.15) is 5.06 Å². The minimum absolute atomic E-state index is 0.0844. The molecule has 1 unspecified atom stereocenters. The number of benzene rings is 1. The molecule has 0 saturated carbocycles. The van der Waals surface area contributed by atoms with Gasteiger partial charge in [-0.1, -0.05) is 44.2 Å². The molecule has 1 N–H and O–H groups in total. The van der Waals surface area contributed by atoms with E-state index in [0.717, 1.165) is 5.56 Å². The predicted molar refractivity (Wildman–Crippen MR) is 53.6 cm³/mol. The minimum Gasteiger partial charge on any atom is -0.314 e. The Morgan fingerprint density at radius 1 is 1.15 bits per heavy atom. The molecule has 0 aliphatic carbocycles. The molecular weight excluding hydrogens is 162 g/mol. The van der Waals surface area contributed by atoms with E-state index >= 15 is 0 Å². The van der Waals surface area contributed by atoms with Gasteiger partial charge in [0, 0.05) is 7.05 Å². The van der Waals surface area contributed by atoms with Crippen molar-refractivity contribution in [1.82, 2.24) is 5.06 Å². The lowest BCUT2D eigenvalue weighted by molar-refractivity contribution is -0.117. The van der Waals surface area contributed by atoms with E-state index in [2.05, 4.69) is 13.8 Å². The first-order valence-electron chi connectivity index (χ1n) is 4.59. The maximum atomic E-state index is 9.47. The van der Waals surface area contributed by atoms with Gasteiger partial charge in [-0.05, 0) is 11.5 Å². The molecule has 1 rings (SSSR count). The molecule has 1 atom stereocenters. The molecule has 13 heavy (non-hydrogen) atoms. The van der Waals surface area contributed by atoms with Crippen molar-refractivity contribution >= 4 is 0 Å². The third-order valence-electron chi connectivity index (χ3n) is 2.18. The third kappa shape index (κ3) is 2.54. The Morgan fingerprint density at radius 2 is 1.69 bits per heavy atom. The van der Waals surface area contributed by atoms with Crippen LogP contribution in [0.3, 0.4) is 0 Å². The van der Waals surface area contributed by atoms with Gasteiger partial charge in [0.1, 0.15) is 0 Å². The van der Waals surface area contributed by atoms with Crippen LogP contribution in [-0.4, -0.2) is 17.3 Å². The second-order valence-electron chi connectivity index (χ2n) is 3.67. The number of nitrogens with zero attached hydrogens (tertiary/aromatic N) is 1. The van der Waals surface area contributed by atoms with Gasteiger partial charge >= 0.3 is 0 Å². The van der Waals surface area contributed by atoms with Crippen molar-refractivity contribution in [2.24, 2.45) is 5.92 Å². The summed E-state index contributed by atoms with van der Waals surface area (Å²) in [6, 6.07) is 10.1. The smallest absolute Gasteiger partial charge is 0.0619 e. The zero-order chi connectivity index (χ0) is 9.84. The summed E-state index contributed by atoms with van der Waals surface area (Å²) >= 11 is 0. The lowest BCUT2D eigenvalue weighted by atomic mass is 9.96. The molecular formula is C11H17NO. The first-order valence-corrected chi connectivity index (χ1v) is 4.59. The molecule has 1 aromatic rings. The number of hydroxylamine groups is 2. The fourth-order valence-electron chi connectivity index (χ4n) is 1.68. The van der Waals surface area contributed by atoms with Crippen LogP contribution in [0.5, 0.6) is 0 Å². The molecule has 0 bridgehead atoms. The molecule has 0 aromatic heterocycles. The molecule has 72 valence electrons. The van der Waals surface area contributed by atoms with Gasteiger partial charge in [0.2, 0.25) is 0 Å². The van der Waals surface area contributed by atoms with Gasteiger partial charge < -0.3 is 5.21 Å². The molecule has 0 saturated heterocycles. The monoisotopic (exact) mass is 179 g/mol. The zero-order valence-electron chi connectivity index (χ0n) is 8.44. The second-order valence-corrected chi connectivity index (χ2v) is 3.67. The molecule has 0 heterocycles. The number of hydrogen-bond donors (Lipinski definition) is 1. The molecule has 2 nitrogen and oxygen atoms in total. The van der Waals surface area contributed by atoms with Crippen molar-refractivity contribution in [3.63, 3.8) is 0 Å². The summed E-state index contributed by atoms with van der Waals surface area (Å²) < 4.78 is 0. The quantitative estimate of drug-likeness (QED) is 0.721. The Bertz CT molecular complexity index is 236. The van der Waals surface area contributed by atoms with E-state index in [0.29, 0.717) is 5.92 Å². The van der Waals surface area contributed by atoms with Crippen LogP contribution in [-0.2, 0) is 0 Å². The summed E-state index contributed by atoms with van der Waals surface area (Å²) in [4.78, 5) is 0. The van der Waals surface area contributed by atoms with Crippen molar-refractivity contribution in [2.45, 2.75) is 19.9 Å². The van der Waals surface area contributed by atoms with E-state index < -0.39 is 0 Å². The third-order valence-corrected chi connectivity index (χ3v) is 2.18. The molecule has 0 aliphatic rings. The van der Waals surface area contributed by atoms with Crippen LogP contribution in [0.4, 0.5) is 0 Å². The highest BCUT2D eigenvalue weighted by Crippen LogP contribution is 2.25. The summed E-state index contributed by atoms with van der Waals surface area (Å²) in [5.74, 6) is 0.400. The molecule has 1 aromatic carbocycles. The van der Waals surface area contributed by atoms with E-state index in [1.54, 1.807) is 7.05 Å². The highest BCUT2D eigenvalue weighted by atomic mass is 16.5. The van der Waals surface area contributed by atoms with Crippen LogP contribution in [0.1, 0.15) is 25.5 Å². The Labute approximate surface area is 79.8 Å². The van der Waals surface area contributed by atoms with E-state index in [-0.39, 0.29) is 6.04 Å². The van der Waals surface area contributed by atoms with Gasteiger partial charge in [-0.3, -0.25) is 0 Å². The van der Waals surface area contributed by atoms with Crippen molar-refractivity contribution in [2.75, 3.05) is 7.05 Å². The average molecular weight is 179 g/mol. The standard InChI is InChI=1S/C11H17NO/c1-9(2)11(12(3)13)10-7-5-4-6-8-10/h4-9,11,13H,1-3H3. The second kappa shape index (κ2) is 4.40. The summed E-state index contributed by atoms with van der Waals surface area (Å²) in [6.45, 7) is 4.20. The maximum Gasteiger partial charge on any atom is 0.0619 e. The summed E-state index contributed by atoms with van der Waals surface area (Å²) in [5.41, 5.74) is 1.16. The SMILES string of the molecule is CC(C)C(c1ccccc1)N(C)O. The summed E-state index contributed by atoms with van der Waals surface area (Å²) in [7, 11) is 1.69. The van der Waals surface area contributed by atoms with E-state index in [1.165, 1.54) is 5.06 Å². The largest absolute Gasteiger partial charge is 0.314 e. The van der Waals surface area contributed by atoms with E-state index in [4.69, 9.17) is 0 Å². The highest BCUT2D eigenvalue weighted by molar-refractivity contribution is 5.18. The molecule has 0 spiro atoms. The average Bonchev–Trinajstić information content (AvgIpc) is 2.04. The van der Waals surface area contributed by atoms with Crippen molar-refractivity contribution in [3.8, 4) is 0 Å². The Kier molecular flexibility index (Phi) is 3.46. The van der Waals surface area contributed by atoms with Gasteiger partial charge in [-0.25, -0.2) is 0 Å². The van der Waals surface area contributed by atoms with Crippen LogP contribution in [0.25, 0.3) is 0 Å². The van der Waals surface area contributed by atoms with Gasteiger partial charge in [0.05, 0.1) is 6.04 Å². The topological polar surface area (TPSA) is 23.5 Å².